The Morgan fingerprint density at radius 2 is 2.00 bits per heavy atom. The predicted molar refractivity (Wildman–Crippen MR) is 74.0 cm³/mol. The molecule has 0 aliphatic carbocycles. The quantitative estimate of drug-likeness (QED) is 0.854. The van der Waals surface area contributed by atoms with E-state index >= 15 is 0 Å². The van der Waals surface area contributed by atoms with Crippen LogP contribution in [0.4, 0.5) is 0 Å². The molecule has 0 aromatic heterocycles. The summed E-state index contributed by atoms with van der Waals surface area (Å²) >= 11 is 0. The van der Waals surface area contributed by atoms with Crippen LogP contribution in [-0.4, -0.2) is 19.8 Å². The lowest BCUT2D eigenvalue weighted by Crippen LogP contribution is -2.41. The fourth-order valence-electron chi connectivity index (χ4n) is 3.66. The Kier molecular flexibility index (Phi) is 2.99. The minimum atomic E-state index is -0.976. The fraction of sp³-hybridized carbons (Fsp3) is 0.533. The Bertz CT molecular complexity index is 574. The molecule has 4 heteroatoms. The Balaban J connectivity index is 2.08. The van der Waals surface area contributed by atoms with Gasteiger partial charge in [0.15, 0.2) is 0 Å². The van der Waals surface area contributed by atoms with Gasteiger partial charge in [0.05, 0.1) is 17.2 Å². The van der Waals surface area contributed by atoms with E-state index < -0.39 is 16.4 Å². The van der Waals surface area contributed by atoms with Crippen molar-refractivity contribution in [3.05, 3.63) is 34.9 Å². The number of hydrogen-bond acceptors (Lipinski definition) is 3. The molecule has 2 aliphatic rings. The van der Waals surface area contributed by atoms with Gasteiger partial charge in [-0.2, -0.15) is 5.26 Å². The molecule has 0 amide bonds. The molecular weight excluding hydrogens is 258 g/mol. The van der Waals surface area contributed by atoms with Crippen molar-refractivity contribution in [3.63, 3.8) is 0 Å². The summed E-state index contributed by atoms with van der Waals surface area (Å²) in [6, 6.07) is 7.72. The monoisotopic (exact) mass is 275 g/mol. The first-order chi connectivity index (χ1) is 9.05. The Morgan fingerprint density at radius 1 is 1.37 bits per heavy atom. The minimum absolute atomic E-state index is 0.0925. The van der Waals surface area contributed by atoms with Gasteiger partial charge in [0.1, 0.15) is 0 Å². The van der Waals surface area contributed by atoms with E-state index in [0.29, 0.717) is 18.4 Å². The summed E-state index contributed by atoms with van der Waals surface area (Å²) in [6.07, 6.45) is 2.92. The van der Waals surface area contributed by atoms with E-state index in [-0.39, 0.29) is 10.5 Å². The molecule has 2 fully saturated rings. The van der Waals surface area contributed by atoms with Crippen LogP contribution in [-0.2, 0) is 16.4 Å². The average molecular weight is 275 g/mol. The predicted octanol–water partition coefficient (Wildman–Crippen LogP) is 2.13. The van der Waals surface area contributed by atoms with Gasteiger partial charge in [-0.15, -0.1) is 0 Å². The van der Waals surface area contributed by atoms with Crippen LogP contribution < -0.4 is 0 Å². The van der Waals surface area contributed by atoms with Gasteiger partial charge in [-0.05, 0) is 44.2 Å². The first-order valence-corrected chi connectivity index (χ1v) is 7.95. The van der Waals surface area contributed by atoms with Crippen molar-refractivity contribution in [1.82, 2.24) is 0 Å². The van der Waals surface area contributed by atoms with Crippen LogP contribution in [0.2, 0.25) is 0 Å². The van der Waals surface area contributed by atoms with Gasteiger partial charge >= 0.3 is 0 Å². The Labute approximate surface area is 115 Å². The average Bonchev–Trinajstić information content (AvgIpc) is 2.62. The molecule has 2 unspecified atom stereocenters. The van der Waals surface area contributed by atoms with Gasteiger partial charge in [0.2, 0.25) is 0 Å². The molecule has 3 nitrogen and oxygen atoms in total. The highest BCUT2D eigenvalue weighted by atomic mass is 32.2. The van der Waals surface area contributed by atoms with Crippen LogP contribution in [0.5, 0.6) is 0 Å². The number of hydrogen-bond donors (Lipinski definition) is 1. The van der Waals surface area contributed by atoms with E-state index in [9.17, 15) is 14.6 Å². The number of benzene rings is 1. The first-order valence-electron chi connectivity index (χ1n) is 6.67. The molecule has 1 aromatic rings. The van der Waals surface area contributed by atoms with Crippen molar-refractivity contribution >= 4 is 10.8 Å². The molecule has 19 heavy (non-hydrogen) atoms. The summed E-state index contributed by atoms with van der Waals surface area (Å²) < 4.78 is 12.1. The molecule has 2 heterocycles. The van der Waals surface area contributed by atoms with Crippen molar-refractivity contribution in [2.24, 2.45) is 0 Å². The second-order valence-electron chi connectivity index (χ2n) is 5.70. The lowest BCUT2D eigenvalue weighted by Gasteiger charge is -2.37. The van der Waals surface area contributed by atoms with Gasteiger partial charge in [-0.25, -0.2) is 0 Å². The smallest absolute Gasteiger partial charge is 0.0995 e. The van der Waals surface area contributed by atoms with E-state index in [1.54, 1.807) is 6.07 Å². The van der Waals surface area contributed by atoms with Crippen LogP contribution in [0.1, 0.15) is 42.4 Å². The molecule has 100 valence electrons. The van der Waals surface area contributed by atoms with Crippen molar-refractivity contribution in [2.75, 3.05) is 0 Å². The molecule has 0 spiro atoms. The highest BCUT2D eigenvalue weighted by Crippen LogP contribution is 2.47. The SMILES string of the molecule is Cc1cccc(C#N)c1C1(O)CC2CCC(C1)S2=O. The summed E-state index contributed by atoms with van der Waals surface area (Å²) in [6.45, 7) is 1.93. The van der Waals surface area contributed by atoms with E-state index in [0.717, 1.165) is 24.0 Å². The summed E-state index contributed by atoms with van der Waals surface area (Å²) in [5.74, 6) is 0. The number of nitriles is 1. The summed E-state index contributed by atoms with van der Waals surface area (Å²) in [4.78, 5) is 0. The minimum Gasteiger partial charge on any atom is -0.385 e. The normalized spacial score (nSPS) is 37.0. The van der Waals surface area contributed by atoms with E-state index in [1.165, 1.54) is 0 Å². The first kappa shape index (κ1) is 12.8. The number of aliphatic hydroxyl groups is 1. The van der Waals surface area contributed by atoms with Gasteiger partial charge in [-0.1, -0.05) is 12.1 Å². The molecule has 2 saturated heterocycles. The molecule has 1 aromatic carbocycles. The zero-order chi connectivity index (χ0) is 13.6. The number of fused-ring (bicyclic) bond motifs is 2. The maximum atomic E-state index is 12.1. The van der Waals surface area contributed by atoms with Gasteiger partial charge in [-0.3, -0.25) is 4.21 Å². The largest absolute Gasteiger partial charge is 0.385 e. The standard InChI is InChI=1S/C15H17NO2S/c1-10-3-2-4-11(9-16)14(10)15(17)7-12-5-6-13(8-15)19(12)18/h2-4,12-13,17H,5-8H2,1H3. The number of aryl methyl sites for hydroxylation is 1. The van der Waals surface area contributed by atoms with E-state index in [1.807, 2.05) is 19.1 Å². The van der Waals surface area contributed by atoms with Crippen LogP contribution in [0.3, 0.4) is 0 Å². The molecule has 3 rings (SSSR count). The zero-order valence-corrected chi connectivity index (χ0v) is 11.7. The number of nitrogens with zero attached hydrogens (tertiary/aromatic N) is 1. The van der Waals surface area contributed by atoms with Crippen LogP contribution in [0, 0.1) is 18.3 Å². The van der Waals surface area contributed by atoms with E-state index in [2.05, 4.69) is 6.07 Å². The lowest BCUT2D eigenvalue weighted by molar-refractivity contribution is 0.0176. The van der Waals surface area contributed by atoms with Crippen molar-refractivity contribution in [2.45, 2.75) is 48.7 Å². The second-order valence-corrected chi connectivity index (χ2v) is 7.69. The maximum absolute atomic E-state index is 12.1. The van der Waals surface area contributed by atoms with Crippen LogP contribution >= 0.6 is 0 Å². The van der Waals surface area contributed by atoms with Crippen molar-refractivity contribution in [1.29, 1.82) is 5.26 Å². The molecule has 2 atom stereocenters. The Hall–Kier alpha value is -1.18. The highest BCUT2D eigenvalue weighted by molar-refractivity contribution is 7.86. The third kappa shape index (κ3) is 1.92. The summed E-state index contributed by atoms with van der Waals surface area (Å²) in [5, 5.41) is 20.5. The third-order valence-corrected chi connectivity index (χ3v) is 6.58. The van der Waals surface area contributed by atoms with Crippen LogP contribution in [0.15, 0.2) is 18.2 Å². The maximum Gasteiger partial charge on any atom is 0.0995 e. The molecule has 2 bridgehead atoms. The molecule has 0 saturated carbocycles. The Morgan fingerprint density at radius 3 is 2.58 bits per heavy atom. The molecular formula is C15H17NO2S. The van der Waals surface area contributed by atoms with Gasteiger partial charge in [0.25, 0.3) is 0 Å². The summed E-state index contributed by atoms with van der Waals surface area (Å²) in [7, 11) is -0.797. The fourth-order valence-corrected chi connectivity index (χ4v) is 5.83. The van der Waals surface area contributed by atoms with E-state index in [4.69, 9.17) is 0 Å². The molecule has 1 N–H and O–H groups in total. The highest BCUT2D eigenvalue weighted by Gasteiger charge is 2.49. The van der Waals surface area contributed by atoms with Gasteiger partial charge < -0.3 is 5.11 Å². The second kappa shape index (κ2) is 4.43. The number of rotatable bonds is 1. The third-order valence-electron chi connectivity index (χ3n) is 4.46. The zero-order valence-electron chi connectivity index (χ0n) is 10.9. The summed E-state index contributed by atoms with van der Waals surface area (Å²) in [5.41, 5.74) is 1.28. The topological polar surface area (TPSA) is 61.1 Å². The lowest BCUT2D eigenvalue weighted by atomic mass is 9.81. The van der Waals surface area contributed by atoms with Crippen molar-refractivity contribution in [3.8, 4) is 6.07 Å². The molecule has 0 radical (unpaired) electrons. The van der Waals surface area contributed by atoms with Gasteiger partial charge in [0, 0.05) is 26.9 Å². The molecule has 2 aliphatic heterocycles. The van der Waals surface area contributed by atoms with Crippen molar-refractivity contribution < 1.29 is 9.32 Å². The van der Waals surface area contributed by atoms with Crippen LogP contribution in [0.25, 0.3) is 0 Å².